The third kappa shape index (κ3) is 5.81. The maximum Gasteiger partial charge on any atom is 0.417 e. The summed E-state index contributed by atoms with van der Waals surface area (Å²) in [5.74, 6) is -0.257. The molecule has 10 heteroatoms. The summed E-state index contributed by atoms with van der Waals surface area (Å²) < 4.78 is 45.4. The van der Waals surface area contributed by atoms with E-state index in [4.69, 9.17) is 10.00 Å². The van der Waals surface area contributed by atoms with Crippen molar-refractivity contribution in [3.05, 3.63) is 29.3 Å². The van der Waals surface area contributed by atoms with Crippen LogP contribution in [-0.2, 0) is 20.5 Å². The van der Waals surface area contributed by atoms with Gasteiger partial charge in [0.25, 0.3) is 0 Å². The molecule has 1 N–H and O–H groups in total. The van der Waals surface area contributed by atoms with Crippen molar-refractivity contribution in [3.8, 4) is 6.07 Å². The average Bonchev–Trinajstić information content (AvgIpc) is 3.27. The quantitative estimate of drug-likeness (QED) is 0.649. The van der Waals surface area contributed by atoms with E-state index in [-0.39, 0.29) is 29.6 Å². The fourth-order valence-electron chi connectivity index (χ4n) is 5.09. The van der Waals surface area contributed by atoms with Crippen LogP contribution >= 0.6 is 0 Å². The summed E-state index contributed by atoms with van der Waals surface area (Å²) in [4.78, 5) is 28.8. The highest BCUT2D eigenvalue weighted by Crippen LogP contribution is 2.40. The molecule has 2 heterocycles. The molecule has 1 aromatic carbocycles. The second-order valence-corrected chi connectivity index (χ2v) is 8.87. The van der Waals surface area contributed by atoms with E-state index >= 15 is 0 Å². The molecule has 0 aromatic heterocycles. The van der Waals surface area contributed by atoms with Crippen LogP contribution in [0, 0.1) is 29.1 Å². The Hall–Kier alpha value is -2.80. The molecule has 0 spiro atoms. The van der Waals surface area contributed by atoms with E-state index < -0.39 is 17.3 Å². The number of hydrogen-bond donors (Lipinski definition) is 1. The van der Waals surface area contributed by atoms with Gasteiger partial charge in [0.1, 0.15) is 0 Å². The molecule has 0 aliphatic carbocycles. The zero-order valence-electron chi connectivity index (χ0n) is 19.5. The van der Waals surface area contributed by atoms with Crippen molar-refractivity contribution in [2.24, 2.45) is 17.8 Å². The van der Waals surface area contributed by atoms with Crippen molar-refractivity contribution < 1.29 is 27.5 Å². The minimum atomic E-state index is -4.64. The van der Waals surface area contributed by atoms with E-state index in [0.29, 0.717) is 51.4 Å². The molecule has 2 aliphatic heterocycles. The van der Waals surface area contributed by atoms with Gasteiger partial charge in [0.15, 0.2) is 0 Å². The first kappa shape index (κ1) is 25.8. The van der Waals surface area contributed by atoms with Crippen LogP contribution in [0.2, 0.25) is 0 Å². The van der Waals surface area contributed by atoms with E-state index in [2.05, 4.69) is 5.32 Å². The predicted molar refractivity (Wildman–Crippen MR) is 120 cm³/mol. The largest absolute Gasteiger partial charge is 0.417 e. The Balaban J connectivity index is 1.77. The maximum atomic E-state index is 13.5. The fraction of sp³-hybridized carbons (Fsp3) is 0.625. The van der Waals surface area contributed by atoms with Crippen LogP contribution in [0.5, 0.6) is 0 Å². The summed E-state index contributed by atoms with van der Waals surface area (Å²) in [6.45, 7) is 4.64. The Kier molecular flexibility index (Phi) is 8.42. The van der Waals surface area contributed by atoms with E-state index in [1.54, 1.807) is 13.2 Å². The number of alkyl halides is 3. The molecule has 2 amide bonds. The van der Waals surface area contributed by atoms with Gasteiger partial charge in [-0.05, 0) is 49.8 Å². The van der Waals surface area contributed by atoms with E-state index in [9.17, 15) is 22.8 Å². The number of nitrogens with one attached hydrogen (secondary N) is 1. The van der Waals surface area contributed by atoms with Gasteiger partial charge in [0.05, 0.1) is 36.1 Å². The highest BCUT2D eigenvalue weighted by molar-refractivity contribution is 5.80. The Morgan fingerprint density at radius 3 is 2.53 bits per heavy atom. The lowest BCUT2D eigenvalue weighted by Gasteiger charge is -2.36. The van der Waals surface area contributed by atoms with Gasteiger partial charge < -0.3 is 19.9 Å². The smallest absolute Gasteiger partial charge is 0.384 e. The van der Waals surface area contributed by atoms with Gasteiger partial charge in [-0.1, -0.05) is 0 Å². The number of anilines is 1. The number of benzene rings is 1. The Morgan fingerprint density at radius 1 is 1.24 bits per heavy atom. The van der Waals surface area contributed by atoms with Gasteiger partial charge in [0, 0.05) is 45.5 Å². The van der Waals surface area contributed by atoms with Crippen LogP contribution in [0.1, 0.15) is 37.3 Å². The first-order chi connectivity index (χ1) is 16.2. The lowest BCUT2D eigenvalue weighted by molar-refractivity contribution is -0.137. The Bertz CT molecular complexity index is 923. The summed E-state index contributed by atoms with van der Waals surface area (Å²) in [5.41, 5.74) is -1.03. The van der Waals surface area contributed by atoms with Gasteiger partial charge in [-0.15, -0.1) is 0 Å². The number of rotatable bonds is 7. The molecule has 34 heavy (non-hydrogen) atoms. The van der Waals surface area contributed by atoms with Crippen molar-refractivity contribution in [2.45, 2.75) is 32.4 Å². The molecule has 186 valence electrons. The minimum Gasteiger partial charge on any atom is -0.384 e. The number of hydrogen-bond acceptors (Lipinski definition) is 5. The minimum absolute atomic E-state index is 0.0345. The zero-order valence-corrected chi connectivity index (χ0v) is 19.5. The number of carbonyl (C=O) groups is 2. The van der Waals surface area contributed by atoms with Gasteiger partial charge >= 0.3 is 6.18 Å². The molecule has 0 bridgehead atoms. The van der Waals surface area contributed by atoms with Gasteiger partial charge in [-0.2, -0.15) is 18.4 Å². The molecule has 0 unspecified atom stereocenters. The fourth-order valence-corrected chi connectivity index (χ4v) is 5.09. The number of amides is 2. The molecule has 1 aromatic rings. The van der Waals surface area contributed by atoms with Crippen LogP contribution < -0.4 is 10.2 Å². The zero-order chi connectivity index (χ0) is 24.9. The SMILES string of the molecule is CCNC(=O)[C@@H]1CN(c2ccc(C#N)c(C(F)(F)F)c2)C[C@H]1C1CCN(C(=O)CCOC)CC1. The standard InChI is InChI=1S/C24H31F3N4O3/c1-3-29-23(33)20-15-31(18-5-4-17(13-28)21(12-18)24(25,26)27)14-19(20)16-6-9-30(10-7-16)22(32)8-11-34-2/h4-5,12,16,19-20H,3,6-11,14-15H2,1-2H3,(H,29,33)/t19-,20+/m0/s1. The summed E-state index contributed by atoms with van der Waals surface area (Å²) in [7, 11) is 1.55. The van der Waals surface area contributed by atoms with Gasteiger partial charge in [0.2, 0.25) is 11.8 Å². The number of halogens is 3. The summed E-state index contributed by atoms with van der Waals surface area (Å²) >= 11 is 0. The number of nitriles is 1. The van der Waals surface area contributed by atoms with Crippen LogP contribution in [-0.4, -0.2) is 63.2 Å². The number of ether oxygens (including phenoxy) is 1. The highest BCUT2D eigenvalue weighted by atomic mass is 19.4. The van der Waals surface area contributed by atoms with Crippen LogP contribution in [0.25, 0.3) is 0 Å². The van der Waals surface area contributed by atoms with Crippen molar-refractivity contribution in [1.82, 2.24) is 10.2 Å². The normalized spacial score (nSPS) is 21.4. The van der Waals surface area contributed by atoms with E-state index in [1.165, 1.54) is 12.1 Å². The average molecular weight is 481 g/mol. The monoisotopic (exact) mass is 480 g/mol. The maximum absolute atomic E-state index is 13.5. The summed E-state index contributed by atoms with van der Waals surface area (Å²) in [6.07, 6.45) is -2.82. The molecular formula is C24H31F3N4O3. The lowest BCUT2D eigenvalue weighted by atomic mass is 9.78. The van der Waals surface area contributed by atoms with Gasteiger partial charge in [-0.25, -0.2) is 0 Å². The molecule has 2 saturated heterocycles. The molecule has 0 saturated carbocycles. The third-order valence-corrected chi connectivity index (χ3v) is 6.86. The molecule has 7 nitrogen and oxygen atoms in total. The molecule has 3 rings (SSSR count). The molecule has 0 radical (unpaired) electrons. The summed E-state index contributed by atoms with van der Waals surface area (Å²) in [5, 5.41) is 11.9. The molecule has 2 aliphatic rings. The van der Waals surface area contributed by atoms with Crippen LogP contribution in [0.15, 0.2) is 18.2 Å². The van der Waals surface area contributed by atoms with Crippen LogP contribution in [0.3, 0.4) is 0 Å². The second-order valence-electron chi connectivity index (χ2n) is 8.87. The van der Waals surface area contributed by atoms with E-state index in [0.717, 1.165) is 18.9 Å². The van der Waals surface area contributed by atoms with Crippen molar-refractivity contribution in [2.75, 3.05) is 51.3 Å². The topological polar surface area (TPSA) is 85.7 Å². The first-order valence-corrected chi connectivity index (χ1v) is 11.6. The van der Waals surface area contributed by atoms with Gasteiger partial charge in [-0.3, -0.25) is 9.59 Å². The second kappa shape index (κ2) is 11.1. The van der Waals surface area contributed by atoms with E-state index in [1.807, 2.05) is 16.7 Å². The first-order valence-electron chi connectivity index (χ1n) is 11.6. The van der Waals surface area contributed by atoms with Crippen LogP contribution in [0.4, 0.5) is 18.9 Å². The summed E-state index contributed by atoms with van der Waals surface area (Å²) in [6, 6.07) is 5.32. The molecular weight excluding hydrogens is 449 g/mol. The molecule has 2 fully saturated rings. The number of piperidine rings is 1. The predicted octanol–water partition coefficient (Wildman–Crippen LogP) is 3.04. The van der Waals surface area contributed by atoms with Crippen molar-refractivity contribution in [3.63, 3.8) is 0 Å². The number of nitrogens with zero attached hydrogens (tertiary/aromatic N) is 3. The Labute approximate surface area is 197 Å². The van der Waals surface area contributed by atoms with Crippen molar-refractivity contribution >= 4 is 17.5 Å². The third-order valence-electron chi connectivity index (χ3n) is 6.86. The highest BCUT2D eigenvalue weighted by Gasteiger charge is 2.43. The van der Waals surface area contributed by atoms with Crippen molar-refractivity contribution in [1.29, 1.82) is 5.26 Å². The molecule has 2 atom stereocenters. The number of methoxy groups -OCH3 is 1. The number of carbonyl (C=O) groups excluding carboxylic acids is 2. The lowest BCUT2D eigenvalue weighted by Crippen LogP contribution is -2.43. The Morgan fingerprint density at radius 2 is 1.94 bits per heavy atom. The number of likely N-dealkylation sites (tertiary alicyclic amines) is 1.